The molecule has 0 spiro atoms. The number of nitrogens with zero attached hydrogens (tertiary/aromatic N) is 5. The fourth-order valence-electron chi connectivity index (χ4n) is 5.15. The average molecular weight is 478 g/mol. The Hall–Kier alpha value is -3.17. The van der Waals surface area contributed by atoms with Crippen LogP contribution < -0.4 is 15.5 Å². The number of amides is 2. The van der Waals surface area contributed by atoms with Crippen LogP contribution in [0.1, 0.15) is 32.3 Å². The van der Waals surface area contributed by atoms with Gasteiger partial charge in [0.15, 0.2) is 0 Å². The molecule has 3 aromatic rings. The van der Waals surface area contributed by atoms with Crippen molar-refractivity contribution in [1.29, 1.82) is 0 Å². The van der Waals surface area contributed by atoms with Gasteiger partial charge < -0.3 is 25.2 Å². The van der Waals surface area contributed by atoms with Gasteiger partial charge >= 0.3 is 6.03 Å². The van der Waals surface area contributed by atoms with E-state index in [-0.39, 0.29) is 17.7 Å². The molecule has 3 aromatic heterocycles. The molecule has 2 fully saturated rings. The number of urea groups is 1. The van der Waals surface area contributed by atoms with Gasteiger partial charge in [-0.15, -0.1) is 0 Å². The van der Waals surface area contributed by atoms with Crippen molar-refractivity contribution in [3.63, 3.8) is 0 Å². The van der Waals surface area contributed by atoms with E-state index >= 15 is 0 Å². The number of nitrogens with one attached hydrogen (secondary N) is 2. The molecular weight excluding hydrogens is 442 g/mol. The molecule has 2 saturated heterocycles. The Morgan fingerprint density at radius 3 is 2.69 bits per heavy atom. The minimum Gasteiger partial charge on any atom is -0.372 e. The predicted octanol–water partition coefficient (Wildman–Crippen LogP) is 2.86. The lowest BCUT2D eigenvalue weighted by molar-refractivity contribution is -0.0335. The van der Waals surface area contributed by atoms with E-state index < -0.39 is 0 Å². The number of fused-ring (bicyclic) bond motifs is 1. The summed E-state index contributed by atoms with van der Waals surface area (Å²) >= 11 is 0. The summed E-state index contributed by atoms with van der Waals surface area (Å²) in [6, 6.07) is 8.57. The Kier molecular flexibility index (Phi) is 6.62. The monoisotopic (exact) mass is 477 g/mol. The highest BCUT2D eigenvalue weighted by Gasteiger charge is 2.34. The molecule has 2 amide bonds. The van der Waals surface area contributed by atoms with Crippen molar-refractivity contribution in [3.05, 3.63) is 48.4 Å². The Morgan fingerprint density at radius 2 is 2.03 bits per heavy atom. The van der Waals surface area contributed by atoms with Gasteiger partial charge in [-0.25, -0.2) is 9.31 Å². The van der Waals surface area contributed by atoms with Crippen LogP contribution >= 0.6 is 0 Å². The van der Waals surface area contributed by atoms with Crippen molar-refractivity contribution in [2.75, 3.05) is 51.3 Å². The number of rotatable bonds is 5. The number of hydrogen-bond donors (Lipinski definition) is 2. The summed E-state index contributed by atoms with van der Waals surface area (Å²) < 4.78 is 7.85. The quantitative estimate of drug-likeness (QED) is 0.588. The number of piperidine rings is 1. The zero-order valence-electron chi connectivity index (χ0n) is 20.8. The molecule has 2 aliphatic heterocycles. The van der Waals surface area contributed by atoms with Gasteiger partial charge in [0.2, 0.25) is 0 Å². The number of aromatic nitrogens is 3. The van der Waals surface area contributed by atoms with Gasteiger partial charge in [0.1, 0.15) is 5.60 Å². The van der Waals surface area contributed by atoms with Crippen LogP contribution in [0, 0.1) is 0 Å². The third-order valence-electron chi connectivity index (χ3n) is 7.13. The van der Waals surface area contributed by atoms with Crippen LogP contribution in [-0.4, -0.2) is 77.9 Å². The third kappa shape index (κ3) is 4.70. The molecule has 0 bridgehead atoms. The van der Waals surface area contributed by atoms with Crippen LogP contribution in [0.25, 0.3) is 16.8 Å². The molecule has 0 saturated carbocycles. The third-order valence-corrected chi connectivity index (χ3v) is 7.13. The van der Waals surface area contributed by atoms with E-state index in [1.807, 2.05) is 41.9 Å². The summed E-state index contributed by atoms with van der Waals surface area (Å²) in [7, 11) is 1.78. The van der Waals surface area contributed by atoms with Gasteiger partial charge in [-0.3, -0.25) is 4.98 Å². The average Bonchev–Trinajstić information content (AvgIpc) is 3.33. The van der Waals surface area contributed by atoms with Crippen molar-refractivity contribution >= 4 is 17.2 Å². The number of hydrogen-bond acceptors (Lipinski definition) is 6. The summed E-state index contributed by atoms with van der Waals surface area (Å²) in [6.07, 6.45) is 7.89. The zero-order valence-corrected chi connectivity index (χ0v) is 20.8. The lowest BCUT2D eigenvalue weighted by Crippen LogP contribution is -2.53. The minimum absolute atomic E-state index is 0.0123. The van der Waals surface area contributed by atoms with E-state index in [1.165, 1.54) is 0 Å². The van der Waals surface area contributed by atoms with Gasteiger partial charge in [0.05, 0.1) is 16.9 Å². The smallest absolute Gasteiger partial charge is 0.317 e. The van der Waals surface area contributed by atoms with Crippen molar-refractivity contribution in [3.8, 4) is 11.3 Å². The number of methoxy groups -OCH3 is 1. The highest BCUT2D eigenvalue weighted by Crippen LogP contribution is 2.33. The van der Waals surface area contributed by atoms with Crippen LogP contribution in [0.3, 0.4) is 0 Å². The molecule has 1 atom stereocenters. The lowest BCUT2D eigenvalue weighted by atomic mass is 9.87. The summed E-state index contributed by atoms with van der Waals surface area (Å²) in [4.78, 5) is 21.4. The highest BCUT2D eigenvalue weighted by atomic mass is 16.5. The first-order valence-corrected chi connectivity index (χ1v) is 12.5. The standard InChI is InChI=1S/C26H35N7O2/c1-19(2)30-25(34)32-13-11-31(12-14-32)23-7-10-29-33-17-20(15-24(23)33)22-6-5-21(16-28-22)26(35-3)8-4-9-27-18-26/h5-7,10,15-17,19,27H,4,8-9,11-14,18H2,1-3H3,(H,30,34)/t26-/m1/s1. The molecule has 0 radical (unpaired) electrons. The maximum Gasteiger partial charge on any atom is 0.317 e. The highest BCUT2D eigenvalue weighted by molar-refractivity contribution is 5.79. The summed E-state index contributed by atoms with van der Waals surface area (Å²) in [5, 5.41) is 11.0. The molecule has 2 aliphatic rings. The zero-order chi connectivity index (χ0) is 24.4. The Balaban J connectivity index is 1.34. The lowest BCUT2D eigenvalue weighted by Gasteiger charge is -2.36. The molecule has 186 valence electrons. The van der Waals surface area contributed by atoms with E-state index in [9.17, 15) is 4.79 Å². The van der Waals surface area contributed by atoms with Gasteiger partial charge in [-0.1, -0.05) is 6.07 Å². The van der Waals surface area contributed by atoms with Crippen LogP contribution in [0.4, 0.5) is 10.5 Å². The maximum atomic E-state index is 12.4. The van der Waals surface area contributed by atoms with E-state index in [0.717, 1.165) is 67.0 Å². The molecular formula is C26H35N7O2. The number of anilines is 1. The van der Waals surface area contributed by atoms with E-state index in [4.69, 9.17) is 9.72 Å². The first kappa shape index (κ1) is 23.6. The number of carbonyl (C=O) groups excluding carboxylic acids is 1. The second-order valence-electron chi connectivity index (χ2n) is 9.76. The minimum atomic E-state index is -0.307. The van der Waals surface area contributed by atoms with Crippen LogP contribution in [0.2, 0.25) is 0 Å². The first-order chi connectivity index (χ1) is 17.0. The maximum absolute atomic E-state index is 12.4. The molecule has 0 aliphatic carbocycles. The van der Waals surface area contributed by atoms with Gasteiger partial charge in [0, 0.05) is 75.6 Å². The number of piperazine rings is 1. The Bertz CT molecular complexity index is 1160. The summed E-state index contributed by atoms with van der Waals surface area (Å²) in [5.74, 6) is 0. The van der Waals surface area contributed by atoms with E-state index in [2.05, 4.69) is 44.9 Å². The normalized spacial score (nSPS) is 21.0. The summed E-state index contributed by atoms with van der Waals surface area (Å²) in [6.45, 7) is 8.76. The predicted molar refractivity (Wildman–Crippen MR) is 137 cm³/mol. The molecule has 0 aromatic carbocycles. The van der Waals surface area contributed by atoms with Gasteiger partial charge in [-0.05, 0) is 51.4 Å². The van der Waals surface area contributed by atoms with Crippen molar-refractivity contribution < 1.29 is 9.53 Å². The van der Waals surface area contributed by atoms with Crippen molar-refractivity contribution in [2.24, 2.45) is 0 Å². The fraction of sp³-hybridized carbons (Fsp3) is 0.500. The van der Waals surface area contributed by atoms with E-state index in [1.54, 1.807) is 7.11 Å². The number of ether oxygens (including phenoxy) is 1. The summed E-state index contributed by atoms with van der Waals surface area (Å²) in [5.41, 5.74) is 4.91. The van der Waals surface area contributed by atoms with E-state index in [0.29, 0.717) is 13.1 Å². The van der Waals surface area contributed by atoms with Gasteiger partial charge in [0.25, 0.3) is 0 Å². The second kappa shape index (κ2) is 9.83. The van der Waals surface area contributed by atoms with Crippen LogP contribution in [-0.2, 0) is 10.3 Å². The molecule has 9 nitrogen and oxygen atoms in total. The van der Waals surface area contributed by atoms with Crippen molar-refractivity contribution in [2.45, 2.75) is 38.3 Å². The molecule has 35 heavy (non-hydrogen) atoms. The van der Waals surface area contributed by atoms with Crippen LogP contribution in [0.15, 0.2) is 42.9 Å². The van der Waals surface area contributed by atoms with Crippen molar-refractivity contribution in [1.82, 2.24) is 30.1 Å². The second-order valence-corrected chi connectivity index (χ2v) is 9.76. The SMILES string of the molecule is CO[C@]1(c2ccc(-c3cc4c(N5CCN(C(=O)NC(C)C)CC5)ccnn4c3)nc2)CCCNC1. The van der Waals surface area contributed by atoms with Gasteiger partial charge in [-0.2, -0.15) is 5.10 Å². The first-order valence-electron chi connectivity index (χ1n) is 12.5. The molecule has 0 unspecified atom stereocenters. The number of carbonyl (C=O) groups is 1. The Labute approximate surface area is 206 Å². The molecule has 5 heterocycles. The van der Waals surface area contributed by atoms with Crippen LogP contribution in [0.5, 0.6) is 0 Å². The largest absolute Gasteiger partial charge is 0.372 e. The topological polar surface area (TPSA) is 87.0 Å². The number of pyridine rings is 1. The molecule has 5 rings (SSSR count). The Morgan fingerprint density at radius 1 is 1.20 bits per heavy atom. The molecule has 9 heteroatoms. The molecule has 2 N–H and O–H groups in total. The fourth-order valence-corrected chi connectivity index (χ4v) is 5.15.